The lowest BCUT2D eigenvalue weighted by Crippen LogP contribution is -2.41. The van der Waals surface area contributed by atoms with E-state index < -0.39 is 12.7 Å². The second kappa shape index (κ2) is 8.67. The van der Waals surface area contributed by atoms with Crippen molar-refractivity contribution >= 4 is 6.03 Å². The van der Waals surface area contributed by atoms with Crippen molar-refractivity contribution in [2.24, 2.45) is 5.41 Å². The molecule has 1 aromatic rings. The van der Waals surface area contributed by atoms with Crippen molar-refractivity contribution in [2.75, 3.05) is 6.54 Å². The average molecular weight is 330 g/mol. The van der Waals surface area contributed by atoms with Crippen LogP contribution >= 0.6 is 0 Å². The van der Waals surface area contributed by atoms with Gasteiger partial charge in [0.2, 0.25) is 0 Å². The molecule has 0 fully saturated rings. The Morgan fingerprint density at radius 3 is 2.65 bits per heavy atom. The van der Waals surface area contributed by atoms with Gasteiger partial charge in [-0.05, 0) is 36.5 Å². The molecule has 0 bridgehead atoms. The number of amides is 2. The van der Waals surface area contributed by atoms with E-state index in [1.165, 1.54) is 12.1 Å². The van der Waals surface area contributed by atoms with E-state index in [4.69, 9.17) is 0 Å². The van der Waals surface area contributed by atoms with Crippen LogP contribution in [0, 0.1) is 5.41 Å². The van der Waals surface area contributed by atoms with Crippen LogP contribution in [0.25, 0.3) is 0 Å². The van der Waals surface area contributed by atoms with Crippen molar-refractivity contribution in [2.45, 2.75) is 46.5 Å². The molecule has 1 aromatic carbocycles. The van der Waals surface area contributed by atoms with Crippen molar-refractivity contribution in [3.8, 4) is 5.75 Å². The third-order valence-corrected chi connectivity index (χ3v) is 3.15. The minimum Gasteiger partial charge on any atom is -0.435 e. The van der Waals surface area contributed by atoms with Gasteiger partial charge in [0.15, 0.2) is 0 Å². The fourth-order valence-corrected chi connectivity index (χ4v) is 2.27. The number of hydrogen-bond acceptors (Lipinski definition) is 3. The summed E-state index contributed by atoms with van der Waals surface area (Å²) < 4.78 is 28.6. The Labute approximate surface area is 135 Å². The molecule has 0 spiro atoms. The third-order valence-electron chi connectivity index (χ3n) is 3.15. The maximum Gasteiger partial charge on any atom is 0.387 e. The number of alkyl halides is 2. The van der Waals surface area contributed by atoms with E-state index in [1.54, 1.807) is 19.1 Å². The maximum atomic E-state index is 12.1. The summed E-state index contributed by atoms with van der Waals surface area (Å²) in [5, 5.41) is 14.8. The normalized spacial score (nSPS) is 12.8. The molecule has 0 aliphatic carbocycles. The van der Waals surface area contributed by atoms with E-state index in [-0.39, 0.29) is 23.7 Å². The molecule has 1 unspecified atom stereocenters. The Morgan fingerprint density at radius 2 is 2.04 bits per heavy atom. The molecule has 3 N–H and O–H groups in total. The lowest BCUT2D eigenvalue weighted by atomic mass is 9.87. The van der Waals surface area contributed by atoms with Crippen LogP contribution < -0.4 is 15.4 Å². The largest absolute Gasteiger partial charge is 0.435 e. The third kappa shape index (κ3) is 8.35. The molecular weight excluding hydrogens is 306 g/mol. The topological polar surface area (TPSA) is 70.6 Å². The van der Waals surface area contributed by atoms with Gasteiger partial charge in [0.1, 0.15) is 5.75 Å². The number of nitrogens with one attached hydrogen (secondary N) is 2. The van der Waals surface area contributed by atoms with Crippen LogP contribution in [0.5, 0.6) is 5.75 Å². The van der Waals surface area contributed by atoms with Gasteiger partial charge in [0.05, 0.1) is 6.10 Å². The Bertz CT molecular complexity index is 508. The van der Waals surface area contributed by atoms with Gasteiger partial charge in [-0.3, -0.25) is 0 Å². The molecule has 2 amide bonds. The summed E-state index contributed by atoms with van der Waals surface area (Å²) in [6.07, 6.45) is 0.132. The summed E-state index contributed by atoms with van der Waals surface area (Å²) in [6.45, 7) is 3.34. The summed E-state index contributed by atoms with van der Waals surface area (Å²) in [5.74, 6) is 0.0535. The molecule has 0 saturated heterocycles. The van der Waals surface area contributed by atoms with Gasteiger partial charge in [-0.25, -0.2) is 4.79 Å². The summed E-state index contributed by atoms with van der Waals surface area (Å²) >= 11 is 0. The molecule has 0 aliphatic rings. The SMILES string of the molecule is CC(O)CC(C)(C)CNC(=O)NCc1cccc(OC(F)F)c1. The summed E-state index contributed by atoms with van der Waals surface area (Å²) in [4.78, 5) is 11.8. The first-order valence-electron chi connectivity index (χ1n) is 7.41. The average Bonchev–Trinajstić information content (AvgIpc) is 2.41. The second-order valence-corrected chi connectivity index (χ2v) is 6.28. The maximum absolute atomic E-state index is 12.1. The molecular formula is C16H24F2N2O3. The van der Waals surface area contributed by atoms with E-state index in [2.05, 4.69) is 15.4 Å². The van der Waals surface area contributed by atoms with Crippen LogP contribution in [0.2, 0.25) is 0 Å². The molecule has 0 aromatic heterocycles. The van der Waals surface area contributed by atoms with E-state index >= 15 is 0 Å². The van der Waals surface area contributed by atoms with Gasteiger partial charge in [0.25, 0.3) is 0 Å². The van der Waals surface area contributed by atoms with Gasteiger partial charge in [0, 0.05) is 13.1 Å². The minimum absolute atomic E-state index is 0.0535. The zero-order chi connectivity index (χ0) is 17.5. The van der Waals surface area contributed by atoms with Crippen molar-refractivity contribution in [1.82, 2.24) is 10.6 Å². The fourth-order valence-electron chi connectivity index (χ4n) is 2.27. The van der Waals surface area contributed by atoms with Gasteiger partial charge < -0.3 is 20.5 Å². The number of benzene rings is 1. The molecule has 0 aliphatic heterocycles. The molecule has 130 valence electrons. The number of carbonyl (C=O) groups is 1. The van der Waals surface area contributed by atoms with Crippen LogP contribution in [0.1, 0.15) is 32.8 Å². The molecule has 23 heavy (non-hydrogen) atoms. The summed E-state index contributed by atoms with van der Waals surface area (Å²) in [7, 11) is 0. The monoisotopic (exact) mass is 330 g/mol. The zero-order valence-electron chi connectivity index (χ0n) is 13.6. The quantitative estimate of drug-likeness (QED) is 0.686. The lowest BCUT2D eigenvalue weighted by Gasteiger charge is -2.26. The van der Waals surface area contributed by atoms with E-state index in [1.807, 2.05) is 13.8 Å². The smallest absolute Gasteiger partial charge is 0.387 e. The number of aliphatic hydroxyl groups excluding tert-OH is 1. The fraction of sp³-hybridized carbons (Fsp3) is 0.562. The number of aliphatic hydroxyl groups is 1. The van der Waals surface area contributed by atoms with Crippen molar-refractivity contribution in [3.63, 3.8) is 0 Å². The Kier molecular flexibility index (Phi) is 7.22. The predicted molar refractivity (Wildman–Crippen MR) is 83.4 cm³/mol. The van der Waals surface area contributed by atoms with E-state index in [0.717, 1.165) is 0 Å². The number of ether oxygens (including phenoxy) is 1. The highest BCUT2D eigenvalue weighted by Crippen LogP contribution is 2.21. The Hall–Kier alpha value is -1.89. The molecule has 1 rings (SSSR count). The Balaban J connectivity index is 2.41. The molecule has 0 heterocycles. The zero-order valence-corrected chi connectivity index (χ0v) is 13.6. The van der Waals surface area contributed by atoms with E-state index in [9.17, 15) is 18.7 Å². The number of rotatable bonds is 8. The standard InChI is InChI=1S/C16H24F2N2O3/c1-11(21)8-16(2,3)10-20-15(22)19-9-12-5-4-6-13(7-12)23-14(17)18/h4-7,11,14,21H,8-10H2,1-3H3,(H2,19,20,22). The van der Waals surface area contributed by atoms with Gasteiger partial charge in [-0.2, -0.15) is 8.78 Å². The molecule has 1 atom stereocenters. The Morgan fingerprint density at radius 1 is 1.35 bits per heavy atom. The second-order valence-electron chi connectivity index (χ2n) is 6.28. The molecule has 7 heteroatoms. The lowest BCUT2D eigenvalue weighted by molar-refractivity contribution is -0.0498. The van der Waals surface area contributed by atoms with Gasteiger partial charge in [-0.15, -0.1) is 0 Å². The number of halogens is 2. The first-order valence-corrected chi connectivity index (χ1v) is 7.41. The van der Waals surface area contributed by atoms with Gasteiger partial charge >= 0.3 is 12.6 Å². The van der Waals surface area contributed by atoms with E-state index in [0.29, 0.717) is 18.5 Å². The van der Waals surface area contributed by atoms with Crippen molar-refractivity contribution in [3.05, 3.63) is 29.8 Å². The van der Waals surface area contributed by atoms with Crippen LogP contribution in [-0.4, -0.2) is 30.4 Å². The van der Waals surface area contributed by atoms with Crippen LogP contribution in [0.15, 0.2) is 24.3 Å². The van der Waals surface area contributed by atoms with Crippen molar-refractivity contribution < 1.29 is 23.4 Å². The first kappa shape index (κ1) is 19.2. The first-order chi connectivity index (χ1) is 10.7. The highest BCUT2D eigenvalue weighted by atomic mass is 19.3. The van der Waals surface area contributed by atoms with Crippen LogP contribution in [-0.2, 0) is 6.54 Å². The number of carbonyl (C=O) groups excluding carboxylic acids is 1. The number of hydrogen-bond donors (Lipinski definition) is 3. The van der Waals surface area contributed by atoms with Gasteiger partial charge in [-0.1, -0.05) is 26.0 Å². The molecule has 0 radical (unpaired) electrons. The van der Waals surface area contributed by atoms with Crippen LogP contribution in [0.3, 0.4) is 0 Å². The highest BCUT2D eigenvalue weighted by Gasteiger charge is 2.20. The molecule has 5 nitrogen and oxygen atoms in total. The summed E-state index contributed by atoms with van der Waals surface area (Å²) in [6, 6.07) is 5.80. The van der Waals surface area contributed by atoms with Crippen LogP contribution in [0.4, 0.5) is 13.6 Å². The highest BCUT2D eigenvalue weighted by molar-refractivity contribution is 5.73. The number of urea groups is 1. The minimum atomic E-state index is -2.88. The van der Waals surface area contributed by atoms with Crippen molar-refractivity contribution in [1.29, 1.82) is 0 Å². The summed E-state index contributed by atoms with van der Waals surface area (Å²) in [5.41, 5.74) is 0.429. The molecule has 0 saturated carbocycles. The predicted octanol–water partition coefficient (Wildman–Crippen LogP) is 2.88.